The number of unbranched alkanes of at least 4 members (excludes halogenated alkanes) is 7. The van der Waals surface area contributed by atoms with Crippen LogP contribution in [0.15, 0.2) is 48.5 Å². The van der Waals surface area contributed by atoms with Crippen molar-refractivity contribution in [1.82, 2.24) is 0 Å². The molecule has 2 rings (SSSR count). The molecule has 0 saturated carbocycles. The maximum atomic E-state index is 5.69. The minimum absolute atomic E-state index is 0.774. The Bertz CT molecular complexity index is 807. The molecule has 2 aromatic rings. The molecule has 29 heavy (non-hydrogen) atoms. The van der Waals surface area contributed by atoms with E-state index in [-0.39, 0.29) is 0 Å². The molecule has 0 aliphatic heterocycles. The van der Waals surface area contributed by atoms with Gasteiger partial charge in [0.2, 0.25) is 0 Å². The van der Waals surface area contributed by atoms with Gasteiger partial charge in [0.1, 0.15) is 5.75 Å². The summed E-state index contributed by atoms with van der Waals surface area (Å²) in [5, 5.41) is 0. The fraction of sp³-hybridized carbons (Fsp3) is 0.429. The van der Waals surface area contributed by atoms with Gasteiger partial charge in [-0.1, -0.05) is 76.1 Å². The molecule has 2 aromatic carbocycles. The summed E-state index contributed by atoms with van der Waals surface area (Å²) in [5.41, 5.74) is 3.07. The van der Waals surface area contributed by atoms with Crippen molar-refractivity contribution in [1.29, 1.82) is 0 Å². The molecule has 0 amide bonds. The summed E-state index contributed by atoms with van der Waals surface area (Å²) in [6.07, 6.45) is 11.1. The Morgan fingerprint density at radius 1 is 0.586 bits per heavy atom. The van der Waals surface area contributed by atoms with Crippen molar-refractivity contribution in [3.8, 4) is 29.4 Å². The Balaban J connectivity index is 1.77. The minimum Gasteiger partial charge on any atom is -0.494 e. The summed E-state index contributed by atoms with van der Waals surface area (Å²) in [7, 11) is 0. The highest BCUT2D eigenvalue weighted by Gasteiger charge is 1.94. The molecule has 0 aliphatic carbocycles. The Hall–Kier alpha value is -2.64. The normalized spacial score (nSPS) is 9.86. The van der Waals surface area contributed by atoms with Crippen LogP contribution in [0.25, 0.3) is 0 Å². The predicted molar refractivity (Wildman–Crippen MR) is 124 cm³/mol. The minimum atomic E-state index is 0.774. The lowest BCUT2D eigenvalue weighted by atomic mass is 10.1. The summed E-state index contributed by atoms with van der Waals surface area (Å²) < 4.78 is 5.69. The van der Waals surface area contributed by atoms with Crippen LogP contribution in [0.3, 0.4) is 0 Å². The molecule has 0 unspecified atom stereocenters. The predicted octanol–water partition coefficient (Wildman–Crippen LogP) is 7.37. The van der Waals surface area contributed by atoms with E-state index in [2.05, 4.69) is 49.7 Å². The molecule has 0 radical (unpaired) electrons. The highest BCUT2D eigenvalue weighted by atomic mass is 16.5. The van der Waals surface area contributed by atoms with Crippen molar-refractivity contribution in [3.05, 3.63) is 65.2 Å². The van der Waals surface area contributed by atoms with Gasteiger partial charge in [-0.3, -0.25) is 0 Å². The molecule has 1 nitrogen and oxygen atoms in total. The number of ether oxygens (including phenoxy) is 1. The molecule has 0 fully saturated rings. The highest BCUT2D eigenvalue weighted by Crippen LogP contribution is 2.12. The topological polar surface area (TPSA) is 9.23 Å². The molecule has 0 atom stereocenters. The fourth-order valence-corrected chi connectivity index (χ4v) is 2.91. The molecule has 1 heteroatoms. The third-order valence-electron chi connectivity index (χ3n) is 4.75. The largest absolute Gasteiger partial charge is 0.494 e. The number of hydrogen-bond donors (Lipinski definition) is 0. The first kappa shape index (κ1) is 22.6. The fourth-order valence-electron chi connectivity index (χ4n) is 2.91. The summed E-state index contributed by atoms with van der Waals surface area (Å²) in [4.78, 5) is 0. The van der Waals surface area contributed by atoms with Crippen LogP contribution >= 0.6 is 0 Å². The van der Waals surface area contributed by atoms with Crippen molar-refractivity contribution in [2.75, 3.05) is 6.61 Å². The molecule has 0 spiro atoms. The molecular formula is C28H34O. The van der Waals surface area contributed by atoms with E-state index >= 15 is 0 Å². The highest BCUT2D eigenvalue weighted by molar-refractivity contribution is 5.46. The monoisotopic (exact) mass is 386 g/mol. The van der Waals surface area contributed by atoms with Crippen LogP contribution in [0.4, 0.5) is 0 Å². The Labute approximate surface area is 177 Å². The summed E-state index contributed by atoms with van der Waals surface area (Å²) >= 11 is 0. The first-order chi connectivity index (χ1) is 14.3. The van der Waals surface area contributed by atoms with Gasteiger partial charge in [-0.2, -0.15) is 0 Å². The van der Waals surface area contributed by atoms with Gasteiger partial charge in [-0.15, -0.1) is 0 Å². The molecule has 152 valence electrons. The third-order valence-corrected chi connectivity index (χ3v) is 4.75. The average Bonchev–Trinajstić information content (AvgIpc) is 2.76. The van der Waals surface area contributed by atoms with Crippen LogP contribution in [-0.2, 0) is 0 Å². The van der Waals surface area contributed by atoms with Gasteiger partial charge in [0, 0.05) is 23.1 Å². The van der Waals surface area contributed by atoms with Crippen LogP contribution in [-0.4, -0.2) is 6.61 Å². The summed E-state index contributed by atoms with van der Waals surface area (Å²) in [6, 6.07) is 16.2. The second-order valence-electron chi connectivity index (χ2n) is 7.37. The standard InChI is InChI=1S/C28H34O/c1-3-5-7-8-9-10-11-12-13-25-14-16-26(17-15-25)18-19-27-20-22-28(23-21-27)29-24-6-4-2/h14-17,20-23H,3-11,24H2,1-2H3. The number of rotatable bonds is 10. The van der Waals surface area contributed by atoms with Crippen LogP contribution in [0.5, 0.6) is 5.75 Å². The second-order valence-corrected chi connectivity index (χ2v) is 7.37. The van der Waals surface area contributed by atoms with Gasteiger partial charge in [-0.25, -0.2) is 0 Å². The van der Waals surface area contributed by atoms with Crippen molar-refractivity contribution < 1.29 is 4.74 Å². The van der Waals surface area contributed by atoms with E-state index in [1.54, 1.807) is 0 Å². The van der Waals surface area contributed by atoms with E-state index in [9.17, 15) is 0 Å². The maximum absolute atomic E-state index is 5.69. The van der Waals surface area contributed by atoms with Crippen LogP contribution in [0, 0.1) is 23.7 Å². The Kier molecular flexibility index (Phi) is 11.2. The lowest BCUT2D eigenvalue weighted by Crippen LogP contribution is -1.95. The van der Waals surface area contributed by atoms with Crippen LogP contribution in [0.2, 0.25) is 0 Å². The van der Waals surface area contributed by atoms with E-state index in [0.29, 0.717) is 0 Å². The Morgan fingerprint density at radius 3 is 1.72 bits per heavy atom. The Morgan fingerprint density at radius 2 is 1.10 bits per heavy atom. The van der Waals surface area contributed by atoms with Gasteiger partial charge in [0.15, 0.2) is 0 Å². The molecule has 0 aliphatic rings. The molecular weight excluding hydrogens is 352 g/mol. The van der Waals surface area contributed by atoms with Gasteiger partial charge < -0.3 is 4.74 Å². The van der Waals surface area contributed by atoms with E-state index in [0.717, 1.165) is 48.3 Å². The smallest absolute Gasteiger partial charge is 0.119 e. The molecule has 0 saturated heterocycles. The quantitative estimate of drug-likeness (QED) is 0.306. The van der Waals surface area contributed by atoms with Crippen LogP contribution < -0.4 is 4.74 Å². The zero-order valence-electron chi connectivity index (χ0n) is 18.1. The summed E-state index contributed by atoms with van der Waals surface area (Å²) in [5.74, 6) is 13.9. The van der Waals surface area contributed by atoms with E-state index in [1.807, 2.05) is 36.4 Å². The van der Waals surface area contributed by atoms with E-state index in [1.165, 1.54) is 38.5 Å². The number of benzene rings is 2. The average molecular weight is 387 g/mol. The van der Waals surface area contributed by atoms with Crippen molar-refractivity contribution in [2.45, 2.75) is 71.6 Å². The SMILES string of the molecule is CCCCCCCCC#Cc1ccc(C#Cc2ccc(OCCCC)cc2)cc1. The van der Waals surface area contributed by atoms with E-state index in [4.69, 9.17) is 4.74 Å². The molecule has 0 heterocycles. The molecule has 0 bridgehead atoms. The van der Waals surface area contributed by atoms with Gasteiger partial charge >= 0.3 is 0 Å². The van der Waals surface area contributed by atoms with Gasteiger partial charge in [0.25, 0.3) is 0 Å². The number of hydrogen-bond acceptors (Lipinski definition) is 1. The zero-order valence-corrected chi connectivity index (χ0v) is 18.1. The van der Waals surface area contributed by atoms with Crippen molar-refractivity contribution in [3.63, 3.8) is 0 Å². The second kappa shape index (κ2) is 14.4. The first-order valence-corrected chi connectivity index (χ1v) is 11.2. The first-order valence-electron chi connectivity index (χ1n) is 11.2. The van der Waals surface area contributed by atoms with Gasteiger partial charge in [0.05, 0.1) is 6.61 Å². The maximum Gasteiger partial charge on any atom is 0.119 e. The zero-order chi connectivity index (χ0) is 20.6. The lowest BCUT2D eigenvalue weighted by Gasteiger charge is -2.04. The van der Waals surface area contributed by atoms with E-state index < -0.39 is 0 Å². The van der Waals surface area contributed by atoms with Crippen LogP contribution in [0.1, 0.15) is 88.3 Å². The molecule has 0 N–H and O–H groups in total. The third kappa shape index (κ3) is 9.91. The lowest BCUT2D eigenvalue weighted by molar-refractivity contribution is 0.309. The summed E-state index contributed by atoms with van der Waals surface area (Å²) in [6.45, 7) is 5.19. The van der Waals surface area contributed by atoms with Crippen molar-refractivity contribution >= 4 is 0 Å². The molecule has 0 aromatic heterocycles. The van der Waals surface area contributed by atoms with Gasteiger partial charge in [-0.05, 0) is 61.4 Å². The van der Waals surface area contributed by atoms with Crippen molar-refractivity contribution in [2.24, 2.45) is 0 Å².